The van der Waals surface area contributed by atoms with Gasteiger partial charge in [-0.3, -0.25) is 18.9 Å². The Morgan fingerprint density at radius 3 is 1.96 bits per heavy atom. The number of amides is 1. The molecule has 2 unspecified atom stereocenters. The number of rotatable bonds is 12. The number of esters is 3. The van der Waals surface area contributed by atoms with Crippen LogP contribution in [0.1, 0.15) is 26.2 Å². The summed E-state index contributed by atoms with van der Waals surface area (Å²) in [6.07, 6.45) is -0.200. The lowest BCUT2D eigenvalue weighted by molar-refractivity contribution is -0.146. The SMILES string of the molecule is COC(=O)CCC(CP(=O)(CC[C@H](NC(C)=O)C(=O)OC)OC)C(=O)OC. The van der Waals surface area contributed by atoms with Crippen molar-refractivity contribution >= 4 is 31.2 Å². The number of hydrogen-bond acceptors (Lipinski definition) is 9. The third-order valence-electron chi connectivity index (χ3n) is 3.91. The van der Waals surface area contributed by atoms with E-state index in [-0.39, 0.29) is 31.6 Å². The monoisotopic (exact) mass is 409 g/mol. The molecular weight excluding hydrogens is 381 g/mol. The molecule has 0 aromatic heterocycles. The van der Waals surface area contributed by atoms with Crippen molar-refractivity contribution in [2.75, 3.05) is 40.8 Å². The minimum atomic E-state index is -3.35. The fourth-order valence-corrected chi connectivity index (χ4v) is 4.57. The fourth-order valence-electron chi connectivity index (χ4n) is 2.40. The van der Waals surface area contributed by atoms with Crippen LogP contribution in [0.4, 0.5) is 0 Å². The molecule has 10 nitrogen and oxygen atoms in total. The van der Waals surface area contributed by atoms with Gasteiger partial charge in [0.1, 0.15) is 6.04 Å². The first-order valence-electron chi connectivity index (χ1n) is 8.25. The molecule has 0 aliphatic heterocycles. The Labute approximate surface area is 158 Å². The zero-order valence-corrected chi connectivity index (χ0v) is 17.2. The van der Waals surface area contributed by atoms with Crippen LogP contribution in [0.25, 0.3) is 0 Å². The molecule has 1 amide bonds. The molecule has 3 atom stereocenters. The van der Waals surface area contributed by atoms with Crippen LogP contribution in [0.2, 0.25) is 0 Å². The molecule has 1 N–H and O–H groups in total. The molecule has 0 saturated carbocycles. The average molecular weight is 409 g/mol. The molecule has 0 aliphatic rings. The quantitative estimate of drug-likeness (QED) is 0.281. The van der Waals surface area contributed by atoms with Crippen LogP contribution < -0.4 is 5.32 Å². The van der Waals surface area contributed by atoms with Gasteiger partial charge in [-0.05, 0) is 12.8 Å². The van der Waals surface area contributed by atoms with Crippen LogP contribution in [-0.4, -0.2) is 70.6 Å². The summed E-state index contributed by atoms with van der Waals surface area (Å²) in [4.78, 5) is 46.3. The number of nitrogens with one attached hydrogen (secondary N) is 1. The second-order valence-corrected chi connectivity index (χ2v) is 8.61. The topological polar surface area (TPSA) is 134 Å². The second-order valence-electron chi connectivity index (χ2n) is 5.80. The van der Waals surface area contributed by atoms with E-state index in [4.69, 9.17) is 9.26 Å². The first-order valence-corrected chi connectivity index (χ1v) is 10.2. The van der Waals surface area contributed by atoms with Crippen molar-refractivity contribution in [3.05, 3.63) is 0 Å². The Kier molecular flexibility index (Phi) is 11.6. The zero-order chi connectivity index (χ0) is 21.0. The lowest BCUT2D eigenvalue weighted by Gasteiger charge is -2.23. The number of methoxy groups -OCH3 is 3. The van der Waals surface area contributed by atoms with E-state index in [1.165, 1.54) is 35.4 Å². The summed E-state index contributed by atoms with van der Waals surface area (Å²) in [5.41, 5.74) is 0. The predicted octanol–water partition coefficient (Wildman–Crippen LogP) is 0.721. The molecule has 11 heteroatoms. The molecule has 156 valence electrons. The zero-order valence-electron chi connectivity index (χ0n) is 16.3. The number of hydrogen-bond donors (Lipinski definition) is 1. The smallest absolute Gasteiger partial charge is 0.328 e. The minimum Gasteiger partial charge on any atom is -0.469 e. The highest BCUT2D eigenvalue weighted by molar-refractivity contribution is 7.59. The van der Waals surface area contributed by atoms with Crippen LogP contribution in [0, 0.1) is 5.92 Å². The van der Waals surface area contributed by atoms with Gasteiger partial charge in [0.25, 0.3) is 0 Å². The maximum atomic E-state index is 13.0. The highest BCUT2D eigenvalue weighted by atomic mass is 31.2. The Balaban J connectivity index is 5.14. The van der Waals surface area contributed by atoms with Gasteiger partial charge < -0.3 is 24.1 Å². The highest BCUT2D eigenvalue weighted by Gasteiger charge is 2.33. The van der Waals surface area contributed by atoms with E-state index < -0.39 is 43.1 Å². The van der Waals surface area contributed by atoms with E-state index in [2.05, 4.69) is 14.8 Å². The molecular formula is C16H28NO9P. The van der Waals surface area contributed by atoms with Gasteiger partial charge in [0.2, 0.25) is 13.3 Å². The van der Waals surface area contributed by atoms with E-state index in [1.54, 1.807) is 0 Å². The van der Waals surface area contributed by atoms with E-state index in [9.17, 15) is 23.7 Å². The second kappa shape index (κ2) is 12.5. The third kappa shape index (κ3) is 9.53. The van der Waals surface area contributed by atoms with Crippen LogP contribution in [0.5, 0.6) is 0 Å². The summed E-state index contributed by atoms with van der Waals surface area (Å²) in [5, 5.41) is 2.42. The molecule has 0 aromatic carbocycles. The number of carbonyl (C=O) groups is 4. The lowest BCUT2D eigenvalue weighted by atomic mass is 10.1. The predicted molar refractivity (Wildman–Crippen MR) is 95.3 cm³/mol. The molecule has 0 spiro atoms. The fraction of sp³-hybridized carbons (Fsp3) is 0.750. The highest BCUT2D eigenvalue weighted by Crippen LogP contribution is 2.49. The van der Waals surface area contributed by atoms with Crippen LogP contribution in [0.15, 0.2) is 0 Å². The van der Waals surface area contributed by atoms with Gasteiger partial charge in [0, 0.05) is 32.8 Å². The van der Waals surface area contributed by atoms with Crippen LogP contribution >= 0.6 is 7.37 Å². The molecule has 0 fully saturated rings. The third-order valence-corrected chi connectivity index (χ3v) is 6.51. The normalized spacial score (nSPS) is 15.0. The lowest BCUT2D eigenvalue weighted by Crippen LogP contribution is -2.41. The minimum absolute atomic E-state index is 0.00225. The van der Waals surface area contributed by atoms with Crippen molar-refractivity contribution in [1.29, 1.82) is 0 Å². The van der Waals surface area contributed by atoms with E-state index in [0.29, 0.717) is 0 Å². The Morgan fingerprint density at radius 2 is 1.52 bits per heavy atom. The van der Waals surface area contributed by atoms with Crippen molar-refractivity contribution in [3.8, 4) is 0 Å². The summed E-state index contributed by atoms with van der Waals surface area (Å²) in [7, 11) is 1.48. The molecule has 0 rings (SSSR count). The van der Waals surface area contributed by atoms with Gasteiger partial charge >= 0.3 is 17.9 Å². The average Bonchev–Trinajstić information content (AvgIpc) is 2.66. The van der Waals surface area contributed by atoms with Gasteiger partial charge in [-0.15, -0.1) is 0 Å². The number of carbonyl (C=O) groups excluding carboxylic acids is 4. The maximum Gasteiger partial charge on any atom is 0.328 e. The maximum absolute atomic E-state index is 13.0. The van der Waals surface area contributed by atoms with Crippen molar-refractivity contribution in [2.45, 2.75) is 32.2 Å². The summed E-state index contributed by atoms with van der Waals surface area (Å²) in [5.74, 6) is -3.08. The van der Waals surface area contributed by atoms with Gasteiger partial charge in [0.05, 0.1) is 27.2 Å². The Hall–Kier alpha value is -1.93. The summed E-state index contributed by atoms with van der Waals surface area (Å²) >= 11 is 0. The Morgan fingerprint density at radius 1 is 0.926 bits per heavy atom. The molecule has 0 radical (unpaired) electrons. The first kappa shape index (κ1) is 25.1. The molecule has 0 aliphatic carbocycles. The van der Waals surface area contributed by atoms with E-state index >= 15 is 0 Å². The largest absolute Gasteiger partial charge is 0.469 e. The Bertz CT molecular complexity index is 578. The first-order chi connectivity index (χ1) is 12.6. The molecule has 0 bridgehead atoms. The molecule has 27 heavy (non-hydrogen) atoms. The summed E-state index contributed by atoms with van der Waals surface area (Å²) < 4.78 is 32.0. The standard InChI is InChI=1S/C16H28NO9P/c1-11(18)17-13(16(21)25-4)8-9-27(22,26-5)10-12(15(20)24-3)6-7-14(19)23-2/h12-13H,6-10H2,1-5H3,(H,17,18)/t12?,13-,27?/m0/s1. The van der Waals surface area contributed by atoms with Crippen LogP contribution in [0.3, 0.4) is 0 Å². The number of ether oxygens (including phenoxy) is 3. The van der Waals surface area contributed by atoms with Crippen LogP contribution in [-0.2, 0) is 42.5 Å². The molecule has 0 saturated heterocycles. The van der Waals surface area contributed by atoms with Crippen molar-refractivity contribution < 1.29 is 42.5 Å². The van der Waals surface area contributed by atoms with Gasteiger partial charge in [-0.25, -0.2) is 4.79 Å². The summed E-state index contributed by atoms with van der Waals surface area (Å²) in [6, 6.07) is -0.984. The van der Waals surface area contributed by atoms with E-state index in [0.717, 1.165) is 0 Å². The van der Waals surface area contributed by atoms with Gasteiger partial charge in [-0.2, -0.15) is 0 Å². The van der Waals surface area contributed by atoms with Crippen molar-refractivity contribution in [3.63, 3.8) is 0 Å². The summed E-state index contributed by atoms with van der Waals surface area (Å²) in [6.45, 7) is 1.24. The van der Waals surface area contributed by atoms with Gasteiger partial charge in [-0.1, -0.05) is 0 Å². The van der Waals surface area contributed by atoms with E-state index in [1.807, 2.05) is 0 Å². The molecule has 0 aromatic rings. The van der Waals surface area contributed by atoms with Crippen molar-refractivity contribution in [1.82, 2.24) is 5.32 Å². The molecule has 0 heterocycles. The van der Waals surface area contributed by atoms with Crippen molar-refractivity contribution in [2.24, 2.45) is 5.92 Å². The van der Waals surface area contributed by atoms with Gasteiger partial charge in [0.15, 0.2) is 0 Å².